The number of aromatic nitrogens is 6. The van der Waals surface area contributed by atoms with Gasteiger partial charge in [0.15, 0.2) is 5.82 Å². The highest BCUT2D eigenvalue weighted by Gasteiger charge is 2.36. The lowest BCUT2D eigenvalue weighted by molar-refractivity contribution is -0.0493. The molecule has 0 N–H and O–H groups in total. The molecule has 1 amide bonds. The number of carbonyl (C=O) groups excluding carboxylic acids is 1. The number of hydrogen-bond acceptors (Lipinski definition) is 7. The number of hydrogen-bond donors (Lipinski definition) is 0. The maximum Gasteiger partial charge on any atom is 0.264 e. The summed E-state index contributed by atoms with van der Waals surface area (Å²) >= 11 is 1.22. The third-order valence-corrected chi connectivity index (χ3v) is 6.28. The molecular formula is C20H17F2N7OS. The van der Waals surface area contributed by atoms with E-state index in [9.17, 15) is 13.6 Å². The van der Waals surface area contributed by atoms with Gasteiger partial charge in [0.25, 0.3) is 11.8 Å². The number of halogens is 2. The van der Waals surface area contributed by atoms with E-state index in [1.165, 1.54) is 22.6 Å². The number of nitrogens with zero attached hydrogens (tertiary/aromatic N) is 7. The molecule has 0 saturated carbocycles. The number of thiophene rings is 1. The lowest BCUT2D eigenvalue weighted by Crippen LogP contribution is -2.42. The van der Waals surface area contributed by atoms with Gasteiger partial charge in [0.1, 0.15) is 16.9 Å². The lowest BCUT2D eigenvalue weighted by Gasteiger charge is -2.31. The highest BCUT2D eigenvalue weighted by molar-refractivity contribution is 7.20. The normalized spacial score (nSPS) is 16.0. The fourth-order valence-electron chi connectivity index (χ4n) is 3.56. The number of carbonyl (C=O) groups is 1. The number of alkyl halides is 2. The molecule has 0 radical (unpaired) electrons. The minimum atomic E-state index is -2.71. The summed E-state index contributed by atoms with van der Waals surface area (Å²) in [6.45, 7) is 0.0693. The summed E-state index contributed by atoms with van der Waals surface area (Å²) in [4.78, 5) is 32.9. The first-order valence-corrected chi connectivity index (χ1v) is 10.5. The first-order chi connectivity index (χ1) is 14.9. The first-order valence-electron chi connectivity index (χ1n) is 9.64. The van der Waals surface area contributed by atoms with Gasteiger partial charge in [-0.15, -0.1) is 11.3 Å². The molecule has 5 heterocycles. The second-order valence-electron chi connectivity index (χ2n) is 7.34. The Bertz CT molecular complexity index is 1260. The Morgan fingerprint density at radius 1 is 1.16 bits per heavy atom. The van der Waals surface area contributed by atoms with Crippen LogP contribution in [0.3, 0.4) is 0 Å². The van der Waals surface area contributed by atoms with Gasteiger partial charge in [-0.25, -0.2) is 28.7 Å². The number of likely N-dealkylation sites (tertiary alicyclic amines) is 1. The molecule has 31 heavy (non-hydrogen) atoms. The zero-order chi connectivity index (χ0) is 21.6. The zero-order valence-electron chi connectivity index (χ0n) is 16.5. The van der Waals surface area contributed by atoms with Crippen LogP contribution in [-0.2, 0) is 7.05 Å². The van der Waals surface area contributed by atoms with Crippen molar-refractivity contribution in [1.29, 1.82) is 0 Å². The molecule has 0 aromatic carbocycles. The average Bonchev–Trinajstić information content (AvgIpc) is 3.39. The fraction of sp³-hybridized carbons (Fsp3) is 0.300. The third-order valence-electron chi connectivity index (χ3n) is 5.27. The second-order valence-corrected chi connectivity index (χ2v) is 8.37. The largest absolute Gasteiger partial charge is 0.338 e. The Morgan fingerprint density at radius 2 is 1.90 bits per heavy atom. The van der Waals surface area contributed by atoms with Crippen molar-refractivity contribution >= 4 is 27.5 Å². The van der Waals surface area contributed by atoms with Crippen molar-refractivity contribution in [3.63, 3.8) is 0 Å². The molecule has 1 saturated heterocycles. The van der Waals surface area contributed by atoms with Crippen LogP contribution < -0.4 is 0 Å². The Labute approximate surface area is 179 Å². The Balaban J connectivity index is 1.60. The van der Waals surface area contributed by atoms with E-state index in [2.05, 4.69) is 20.1 Å². The molecule has 5 rings (SSSR count). The van der Waals surface area contributed by atoms with Crippen molar-refractivity contribution in [2.45, 2.75) is 18.8 Å². The minimum Gasteiger partial charge on any atom is -0.338 e. The predicted octanol–water partition coefficient (Wildman–Crippen LogP) is 3.42. The molecule has 1 aliphatic rings. The predicted molar refractivity (Wildman–Crippen MR) is 111 cm³/mol. The van der Waals surface area contributed by atoms with Crippen LogP contribution in [0.5, 0.6) is 0 Å². The van der Waals surface area contributed by atoms with Crippen LogP contribution in [0.25, 0.3) is 33.0 Å². The second kappa shape index (κ2) is 7.41. The van der Waals surface area contributed by atoms with Crippen LogP contribution in [0.15, 0.2) is 37.1 Å². The van der Waals surface area contributed by atoms with Gasteiger partial charge in [0.2, 0.25) is 0 Å². The van der Waals surface area contributed by atoms with E-state index < -0.39 is 5.92 Å². The summed E-state index contributed by atoms with van der Waals surface area (Å²) in [5.41, 5.74) is 2.04. The number of aryl methyl sites for hydroxylation is 1. The number of amides is 1. The highest BCUT2D eigenvalue weighted by Crippen LogP contribution is 2.35. The summed E-state index contributed by atoms with van der Waals surface area (Å²) in [6.07, 6.45) is 5.70. The van der Waals surface area contributed by atoms with Gasteiger partial charge in [-0.2, -0.15) is 5.10 Å². The standard InChI is InChI=1S/C20H17F2N7OS/c1-28-14(2-5-25-28)16-13-8-15(19(30)29-6-3-20(21,22)4-7-29)31-18(13)27-17(26-16)12-9-23-11-24-10-12/h2,5,8-11H,3-4,6-7H2,1H3. The third kappa shape index (κ3) is 3.65. The number of fused-ring (bicyclic) bond motifs is 1. The van der Waals surface area contributed by atoms with Gasteiger partial charge in [0, 0.05) is 57.0 Å². The molecule has 0 bridgehead atoms. The quantitative estimate of drug-likeness (QED) is 0.484. The molecule has 0 aliphatic carbocycles. The van der Waals surface area contributed by atoms with Crippen molar-refractivity contribution in [3.8, 4) is 22.8 Å². The van der Waals surface area contributed by atoms with Crippen molar-refractivity contribution in [2.75, 3.05) is 13.1 Å². The van der Waals surface area contributed by atoms with Crippen LogP contribution >= 0.6 is 11.3 Å². The molecule has 0 spiro atoms. The fourth-order valence-corrected chi connectivity index (χ4v) is 4.56. The van der Waals surface area contributed by atoms with E-state index in [4.69, 9.17) is 4.98 Å². The molecule has 0 unspecified atom stereocenters. The Hall–Kier alpha value is -3.34. The lowest BCUT2D eigenvalue weighted by atomic mass is 10.1. The van der Waals surface area contributed by atoms with Crippen LogP contribution in [0.1, 0.15) is 22.5 Å². The summed E-state index contributed by atoms with van der Waals surface area (Å²) in [7, 11) is 1.81. The Morgan fingerprint density at radius 3 is 2.58 bits per heavy atom. The van der Waals surface area contributed by atoms with Gasteiger partial charge in [-0.1, -0.05) is 0 Å². The van der Waals surface area contributed by atoms with Gasteiger partial charge >= 0.3 is 0 Å². The first kappa shape index (κ1) is 19.6. The summed E-state index contributed by atoms with van der Waals surface area (Å²) in [6, 6.07) is 3.57. The van der Waals surface area contributed by atoms with Crippen molar-refractivity contribution in [2.24, 2.45) is 7.05 Å². The molecule has 4 aromatic rings. The van der Waals surface area contributed by atoms with Crippen molar-refractivity contribution < 1.29 is 13.6 Å². The molecule has 11 heteroatoms. The van der Waals surface area contributed by atoms with Crippen molar-refractivity contribution in [1.82, 2.24) is 34.6 Å². The monoisotopic (exact) mass is 441 g/mol. The molecule has 4 aromatic heterocycles. The van der Waals surface area contributed by atoms with Crippen LogP contribution in [0, 0.1) is 0 Å². The summed E-state index contributed by atoms with van der Waals surface area (Å²) in [5.74, 6) is -2.54. The van der Waals surface area contributed by atoms with Crippen LogP contribution in [0.2, 0.25) is 0 Å². The van der Waals surface area contributed by atoms with Crippen LogP contribution in [0.4, 0.5) is 8.78 Å². The summed E-state index contributed by atoms with van der Waals surface area (Å²) in [5, 5.41) is 4.93. The van der Waals surface area contributed by atoms with Gasteiger partial charge < -0.3 is 4.90 Å². The van der Waals surface area contributed by atoms with Crippen LogP contribution in [-0.4, -0.2) is 59.5 Å². The number of piperidine rings is 1. The maximum atomic E-state index is 13.5. The van der Waals surface area contributed by atoms with E-state index in [-0.39, 0.29) is 31.8 Å². The van der Waals surface area contributed by atoms with E-state index in [1.807, 2.05) is 6.07 Å². The van der Waals surface area contributed by atoms with E-state index in [1.54, 1.807) is 36.4 Å². The SMILES string of the molecule is Cn1nccc1-c1nc(-c2cncnc2)nc2sc(C(=O)N3CCC(F)(F)CC3)cc12. The van der Waals surface area contributed by atoms with E-state index >= 15 is 0 Å². The van der Waals surface area contributed by atoms with E-state index in [0.717, 1.165) is 5.69 Å². The van der Waals surface area contributed by atoms with Crippen molar-refractivity contribution in [3.05, 3.63) is 41.9 Å². The Kier molecular flexibility index (Phi) is 4.69. The van der Waals surface area contributed by atoms with Gasteiger partial charge in [0.05, 0.1) is 16.1 Å². The number of rotatable bonds is 3. The molecule has 1 aliphatic heterocycles. The molecular weight excluding hydrogens is 424 g/mol. The molecule has 0 atom stereocenters. The molecule has 8 nitrogen and oxygen atoms in total. The van der Waals surface area contributed by atoms with E-state index in [0.29, 0.717) is 32.2 Å². The highest BCUT2D eigenvalue weighted by atomic mass is 32.1. The smallest absolute Gasteiger partial charge is 0.264 e. The van der Waals surface area contributed by atoms with Gasteiger partial charge in [-0.3, -0.25) is 9.48 Å². The zero-order valence-corrected chi connectivity index (χ0v) is 17.3. The minimum absolute atomic E-state index is 0.0347. The topological polar surface area (TPSA) is 89.7 Å². The summed E-state index contributed by atoms with van der Waals surface area (Å²) < 4.78 is 28.7. The average molecular weight is 441 g/mol. The molecule has 158 valence electrons. The maximum absolute atomic E-state index is 13.5. The van der Waals surface area contributed by atoms with Gasteiger partial charge in [-0.05, 0) is 12.1 Å². The molecule has 1 fully saturated rings.